The number of hydrogen-bond acceptors (Lipinski definition) is 2. The van der Waals surface area contributed by atoms with E-state index in [1.165, 1.54) is 0 Å². The largest absolute Gasteiger partial charge is 0.350 e. The van der Waals surface area contributed by atoms with Crippen molar-refractivity contribution < 1.29 is 4.79 Å². The van der Waals surface area contributed by atoms with E-state index in [9.17, 15) is 4.79 Å². The second-order valence-corrected chi connectivity index (χ2v) is 5.51. The second-order valence-electron chi connectivity index (χ2n) is 4.59. The first-order chi connectivity index (χ1) is 8.52. The quantitative estimate of drug-likeness (QED) is 0.847. The Morgan fingerprint density at radius 2 is 2.00 bits per heavy atom. The smallest absolute Gasteiger partial charge is 0.222 e. The molecule has 0 bridgehead atoms. The first-order valence-electron chi connectivity index (χ1n) is 6.33. The number of carbonyl (C=O) groups excluding carboxylic acids is 1. The van der Waals surface area contributed by atoms with Gasteiger partial charge in [-0.3, -0.25) is 4.79 Å². The predicted molar refractivity (Wildman–Crippen MR) is 78.2 cm³/mol. The van der Waals surface area contributed by atoms with E-state index < -0.39 is 0 Å². The summed E-state index contributed by atoms with van der Waals surface area (Å²) in [5, 5.41) is 2.97. The molecule has 2 atom stereocenters. The molecule has 0 saturated carbocycles. The van der Waals surface area contributed by atoms with Crippen molar-refractivity contribution in [2.45, 2.75) is 45.2 Å². The minimum absolute atomic E-state index is 0.0134. The average molecular weight is 313 g/mol. The first kappa shape index (κ1) is 15.2. The lowest BCUT2D eigenvalue weighted by Gasteiger charge is -2.16. The van der Waals surface area contributed by atoms with Crippen LogP contribution in [0.1, 0.15) is 44.7 Å². The summed E-state index contributed by atoms with van der Waals surface area (Å²) in [4.78, 5) is 11.8. The Bertz CT molecular complexity index is 378. The third-order valence-corrected chi connectivity index (χ3v) is 3.38. The molecule has 0 saturated heterocycles. The van der Waals surface area contributed by atoms with Gasteiger partial charge in [0.15, 0.2) is 0 Å². The van der Waals surface area contributed by atoms with Crippen LogP contribution in [-0.4, -0.2) is 11.9 Å². The van der Waals surface area contributed by atoms with Crippen LogP contribution in [0.15, 0.2) is 28.7 Å². The highest BCUT2D eigenvalue weighted by molar-refractivity contribution is 9.10. The molecule has 1 rings (SSSR count). The van der Waals surface area contributed by atoms with Gasteiger partial charge < -0.3 is 11.1 Å². The van der Waals surface area contributed by atoms with Crippen LogP contribution in [-0.2, 0) is 4.79 Å². The second kappa shape index (κ2) is 7.54. The van der Waals surface area contributed by atoms with E-state index in [0.717, 1.165) is 22.9 Å². The van der Waals surface area contributed by atoms with E-state index in [0.29, 0.717) is 6.42 Å². The Labute approximate surface area is 117 Å². The summed E-state index contributed by atoms with van der Waals surface area (Å²) in [7, 11) is 0. The van der Waals surface area contributed by atoms with Crippen molar-refractivity contribution in [3.05, 3.63) is 34.3 Å². The van der Waals surface area contributed by atoms with Crippen LogP contribution in [0.25, 0.3) is 0 Å². The van der Waals surface area contributed by atoms with Gasteiger partial charge in [-0.25, -0.2) is 0 Å². The van der Waals surface area contributed by atoms with Gasteiger partial charge in [-0.2, -0.15) is 0 Å². The fourth-order valence-corrected chi connectivity index (χ4v) is 2.11. The molecule has 1 aromatic rings. The summed E-state index contributed by atoms with van der Waals surface area (Å²) in [5.74, 6) is 0.0198. The molecule has 3 N–H and O–H groups in total. The van der Waals surface area contributed by atoms with E-state index in [1.807, 2.05) is 31.2 Å². The summed E-state index contributed by atoms with van der Waals surface area (Å²) >= 11 is 3.39. The van der Waals surface area contributed by atoms with Crippen molar-refractivity contribution in [3.63, 3.8) is 0 Å². The molecule has 100 valence electrons. The van der Waals surface area contributed by atoms with E-state index in [2.05, 4.69) is 28.2 Å². The number of rotatable bonds is 6. The molecule has 0 spiro atoms. The van der Waals surface area contributed by atoms with Crippen LogP contribution >= 0.6 is 15.9 Å². The van der Waals surface area contributed by atoms with Crippen LogP contribution in [0, 0.1) is 0 Å². The van der Waals surface area contributed by atoms with Crippen molar-refractivity contribution in [1.82, 2.24) is 5.32 Å². The standard InChI is InChI=1S/C14H21BrN2O/c1-3-4-13(16)9-14(18)17-10(2)11-5-7-12(15)8-6-11/h5-8,10,13H,3-4,9,16H2,1-2H3,(H,17,18)/t10-,13?/m0/s1. The van der Waals surface area contributed by atoms with E-state index in [1.54, 1.807) is 0 Å². The summed E-state index contributed by atoms with van der Waals surface area (Å²) < 4.78 is 1.04. The topological polar surface area (TPSA) is 55.1 Å². The zero-order valence-electron chi connectivity index (χ0n) is 10.9. The summed E-state index contributed by atoms with van der Waals surface area (Å²) in [5.41, 5.74) is 6.95. The van der Waals surface area contributed by atoms with Crippen molar-refractivity contribution >= 4 is 21.8 Å². The molecule has 0 radical (unpaired) electrons. The van der Waals surface area contributed by atoms with Gasteiger partial charge in [-0.1, -0.05) is 41.4 Å². The SMILES string of the molecule is CCCC(N)CC(=O)N[C@@H](C)c1ccc(Br)cc1. The molecule has 1 unspecified atom stereocenters. The Kier molecular flexibility index (Phi) is 6.36. The maximum atomic E-state index is 11.8. The number of nitrogens with two attached hydrogens (primary N) is 1. The molecule has 1 aromatic carbocycles. The van der Waals surface area contributed by atoms with Gasteiger partial charge in [0.25, 0.3) is 0 Å². The molecular weight excluding hydrogens is 292 g/mol. The molecule has 0 aliphatic carbocycles. The summed E-state index contributed by atoms with van der Waals surface area (Å²) in [6.45, 7) is 4.05. The van der Waals surface area contributed by atoms with Gasteiger partial charge in [-0.05, 0) is 31.0 Å². The minimum Gasteiger partial charge on any atom is -0.350 e. The molecule has 3 nitrogen and oxygen atoms in total. The van der Waals surface area contributed by atoms with Crippen LogP contribution in [0.4, 0.5) is 0 Å². The fraction of sp³-hybridized carbons (Fsp3) is 0.500. The summed E-state index contributed by atoms with van der Waals surface area (Å²) in [6, 6.07) is 7.93. The minimum atomic E-state index is -0.0351. The highest BCUT2D eigenvalue weighted by atomic mass is 79.9. The Hall–Kier alpha value is -0.870. The zero-order chi connectivity index (χ0) is 13.5. The van der Waals surface area contributed by atoms with E-state index >= 15 is 0 Å². The Morgan fingerprint density at radius 3 is 2.56 bits per heavy atom. The number of halogens is 1. The lowest BCUT2D eigenvalue weighted by Crippen LogP contribution is -2.33. The van der Waals surface area contributed by atoms with Crippen LogP contribution in [0.3, 0.4) is 0 Å². The average Bonchev–Trinajstić information content (AvgIpc) is 2.29. The van der Waals surface area contributed by atoms with Crippen molar-refractivity contribution in [2.24, 2.45) is 5.73 Å². The molecule has 18 heavy (non-hydrogen) atoms. The maximum Gasteiger partial charge on any atom is 0.222 e. The van der Waals surface area contributed by atoms with Gasteiger partial charge in [0.2, 0.25) is 5.91 Å². The molecule has 0 fully saturated rings. The van der Waals surface area contributed by atoms with Crippen LogP contribution in [0.5, 0.6) is 0 Å². The van der Waals surface area contributed by atoms with Gasteiger partial charge >= 0.3 is 0 Å². The van der Waals surface area contributed by atoms with Crippen LogP contribution < -0.4 is 11.1 Å². The number of carbonyl (C=O) groups is 1. The number of hydrogen-bond donors (Lipinski definition) is 2. The molecular formula is C14H21BrN2O. The lowest BCUT2D eigenvalue weighted by atomic mass is 10.1. The molecule has 4 heteroatoms. The van der Waals surface area contributed by atoms with Crippen molar-refractivity contribution in [2.75, 3.05) is 0 Å². The molecule has 0 aromatic heterocycles. The number of benzene rings is 1. The van der Waals surface area contributed by atoms with Crippen LogP contribution in [0.2, 0.25) is 0 Å². The Balaban J connectivity index is 2.46. The van der Waals surface area contributed by atoms with E-state index in [-0.39, 0.29) is 18.0 Å². The molecule has 0 heterocycles. The predicted octanol–water partition coefficient (Wildman–Crippen LogP) is 3.14. The van der Waals surface area contributed by atoms with Gasteiger partial charge in [0, 0.05) is 16.9 Å². The maximum absolute atomic E-state index is 11.8. The Morgan fingerprint density at radius 1 is 1.39 bits per heavy atom. The molecule has 0 aliphatic heterocycles. The first-order valence-corrected chi connectivity index (χ1v) is 7.12. The molecule has 1 amide bonds. The monoisotopic (exact) mass is 312 g/mol. The normalized spacial score (nSPS) is 14.0. The third kappa shape index (κ3) is 5.19. The summed E-state index contributed by atoms with van der Waals surface area (Å²) in [6.07, 6.45) is 2.30. The van der Waals surface area contributed by atoms with Gasteiger partial charge in [0.05, 0.1) is 6.04 Å². The fourth-order valence-electron chi connectivity index (χ4n) is 1.85. The lowest BCUT2D eigenvalue weighted by molar-refractivity contribution is -0.122. The van der Waals surface area contributed by atoms with E-state index in [4.69, 9.17) is 5.73 Å². The highest BCUT2D eigenvalue weighted by Crippen LogP contribution is 2.16. The zero-order valence-corrected chi connectivity index (χ0v) is 12.5. The highest BCUT2D eigenvalue weighted by Gasteiger charge is 2.12. The number of amides is 1. The van der Waals surface area contributed by atoms with Gasteiger partial charge in [0.1, 0.15) is 0 Å². The van der Waals surface area contributed by atoms with Gasteiger partial charge in [-0.15, -0.1) is 0 Å². The van der Waals surface area contributed by atoms with Crippen molar-refractivity contribution in [3.8, 4) is 0 Å². The molecule has 0 aliphatic rings. The third-order valence-electron chi connectivity index (χ3n) is 2.85. The number of nitrogens with one attached hydrogen (secondary N) is 1. The van der Waals surface area contributed by atoms with Crippen molar-refractivity contribution in [1.29, 1.82) is 0 Å².